The standard InChI is InChI=1S/C7H11BrO3/c8-2-1-5(7(9)10)3-6-4-11-6/h5-6H,1-4H2,(H,9,10). The summed E-state index contributed by atoms with van der Waals surface area (Å²) in [5, 5.41) is 9.45. The fourth-order valence-electron chi connectivity index (χ4n) is 0.995. The van der Waals surface area contributed by atoms with Crippen LogP contribution in [0.3, 0.4) is 0 Å². The van der Waals surface area contributed by atoms with Gasteiger partial charge in [0.1, 0.15) is 0 Å². The van der Waals surface area contributed by atoms with E-state index in [0.717, 1.165) is 11.9 Å². The fraction of sp³-hybridized carbons (Fsp3) is 0.857. The fourth-order valence-corrected chi connectivity index (χ4v) is 1.55. The molecule has 1 rings (SSSR count). The number of hydrogen-bond acceptors (Lipinski definition) is 2. The summed E-state index contributed by atoms with van der Waals surface area (Å²) >= 11 is 3.22. The maximum Gasteiger partial charge on any atom is 0.306 e. The molecule has 0 aromatic heterocycles. The first kappa shape index (κ1) is 9.00. The lowest BCUT2D eigenvalue weighted by Crippen LogP contribution is -2.16. The first-order valence-electron chi connectivity index (χ1n) is 3.64. The number of hydrogen-bond donors (Lipinski definition) is 1. The molecule has 3 nitrogen and oxygen atoms in total. The number of carbonyl (C=O) groups is 1. The molecule has 11 heavy (non-hydrogen) atoms. The molecular weight excluding hydrogens is 212 g/mol. The van der Waals surface area contributed by atoms with Gasteiger partial charge in [-0.2, -0.15) is 0 Å². The quantitative estimate of drug-likeness (QED) is 0.563. The van der Waals surface area contributed by atoms with Gasteiger partial charge in [0, 0.05) is 5.33 Å². The summed E-state index contributed by atoms with van der Waals surface area (Å²) in [7, 11) is 0. The molecule has 0 saturated carbocycles. The number of aliphatic carboxylic acids is 1. The molecule has 1 saturated heterocycles. The minimum atomic E-state index is -0.708. The van der Waals surface area contributed by atoms with Crippen molar-refractivity contribution in [3.05, 3.63) is 0 Å². The second kappa shape index (κ2) is 4.07. The van der Waals surface area contributed by atoms with Crippen LogP contribution < -0.4 is 0 Å². The number of rotatable bonds is 5. The van der Waals surface area contributed by atoms with Crippen molar-refractivity contribution in [1.82, 2.24) is 0 Å². The monoisotopic (exact) mass is 222 g/mol. The molecule has 0 aromatic rings. The van der Waals surface area contributed by atoms with Crippen molar-refractivity contribution < 1.29 is 14.6 Å². The summed E-state index contributed by atoms with van der Waals surface area (Å²) in [5.74, 6) is -0.943. The normalized spacial score (nSPS) is 24.6. The number of halogens is 1. The van der Waals surface area contributed by atoms with Crippen molar-refractivity contribution in [2.75, 3.05) is 11.9 Å². The van der Waals surface area contributed by atoms with Crippen LogP contribution >= 0.6 is 15.9 Å². The Morgan fingerprint density at radius 1 is 1.82 bits per heavy atom. The first-order chi connectivity index (χ1) is 5.24. The third kappa shape index (κ3) is 3.20. The molecule has 2 atom stereocenters. The molecule has 64 valence electrons. The molecule has 4 heteroatoms. The predicted molar refractivity (Wildman–Crippen MR) is 43.9 cm³/mol. The van der Waals surface area contributed by atoms with Crippen molar-refractivity contribution in [3.8, 4) is 0 Å². The molecule has 0 spiro atoms. The molecule has 0 aromatic carbocycles. The first-order valence-corrected chi connectivity index (χ1v) is 4.76. The van der Waals surface area contributed by atoms with Gasteiger partial charge in [0.15, 0.2) is 0 Å². The van der Waals surface area contributed by atoms with Crippen molar-refractivity contribution >= 4 is 21.9 Å². The van der Waals surface area contributed by atoms with Gasteiger partial charge in [0.05, 0.1) is 18.6 Å². The Hall–Kier alpha value is -0.0900. The van der Waals surface area contributed by atoms with Crippen LogP contribution in [0.2, 0.25) is 0 Å². The van der Waals surface area contributed by atoms with E-state index in [1.165, 1.54) is 0 Å². The number of epoxide rings is 1. The SMILES string of the molecule is O=C(O)C(CCBr)CC1CO1. The van der Waals surface area contributed by atoms with Gasteiger partial charge >= 0.3 is 5.97 Å². The maximum absolute atomic E-state index is 10.6. The van der Waals surface area contributed by atoms with E-state index in [0.29, 0.717) is 12.8 Å². The highest BCUT2D eigenvalue weighted by Gasteiger charge is 2.29. The van der Waals surface area contributed by atoms with E-state index in [1.54, 1.807) is 0 Å². The number of carboxylic acid groups (broad SMARTS) is 1. The van der Waals surface area contributed by atoms with Crippen molar-refractivity contribution in [3.63, 3.8) is 0 Å². The molecule has 0 radical (unpaired) electrons. The smallest absolute Gasteiger partial charge is 0.306 e. The second-order valence-electron chi connectivity index (χ2n) is 2.70. The summed E-state index contributed by atoms with van der Waals surface area (Å²) in [4.78, 5) is 10.6. The zero-order valence-corrected chi connectivity index (χ0v) is 7.71. The Balaban J connectivity index is 2.24. The summed E-state index contributed by atoms with van der Waals surface area (Å²) < 4.78 is 4.96. The third-order valence-corrected chi connectivity index (χ3v) is 2.21. The topological polar surface area (TPSA) is 49.8 Å². The zero-order chi connectivity index (χ0) is 8.27. The molecule has 1 aliphatic rings. The van der Waals surface area contributed by atoms with Crippen molar-refractivity contribution in [1.29, 1.82) is 0 Å². The van der Waals surface area contributed by atoms with Crippen LogP contribution in [0.1, 0.15) is 12.8 Å². The lowest BCUT2D eigenvalue weighted by Gasteiger charge is -2.07. The minimum Gasteiger partial charge on any atom is -0.481 e. The molecule has 2 unspecified atom stereocenters. The molecule has 1 heterocycles. The van der Waals surface area contributed by atoms with E-state index in [1.807, 2.05) is 0 Å². The van der Waals surface area contributed by atoms with Gasteiger partial charge in [0.2, 0.25) is 0 Å². The van der Waals surface area contributed by atoms with E-state index >= 15 is 0 Å². The van der Waals surface area contributed by atoms with Gasteiger partial charge in [-0.1, -0.05) is 15.9 Å². The molecular formula is C7H11BrO3. The Morgan fingerprint density at radius 3 is 2.82 bits per heavy atom. The Bertz CT molecular complexity index is 145. The average molecular weight is 223 g/mol. The summed E-state index contributed by atoms with van der Waals surface area (Å²) in [6.45, 7) is 0.742. The lowest BCUT2D eigenvalue weighted by molar-refractivity contribution is -0.142. The van der Waals surface area contributed by atoms with Gasteiger partial charge in [-0.25, -0.2) is 0 Å². The highest BCUT2D eigenvalue weighted by Crippen LogP contribution is 2.22. The van der Waals surface area contributed by atoms with Gasteiger partial charge in [-0.15, -0.1) is 0 Å². The molecule has 1 N–H and O–H groups in total. The zero-order valence-electron chi connectivity index (χ0n) is 6.12. The van der Waals surface area contributed by atoms with E-state index in [2.05, 4.69) is 15.9 Å². The van der Waals surface area contributed by atoms with Crippen LogP contribution in [-0.4, -0.2) is 29.1 Å². The molecule has 0 bridgehead atoms. The Morgan fingerprint density at radius 2 is 2.45 bits per heavy atom. The minimum absolute atomic E-state index is 0.218. The largest absolute Gasteiger partial charge is 0.481 e. The number of ether oxygens (including phenoxy) is 1. The van der Waals surface area contributed by atoms with E-state index < -0.39 is 5.97 Å². The predicted octanol–water partition coefficient (Wildman–Crippen LogP) is 1.26. The van der Waals surface area contributed by atoms with Gasteiger partial charge in [-0.3, -0.25) is 4.79 Å². The van der Waals surface area contributed by atoms with E-state index in [-0.39, 0.29) is 12.0 Å². The Kier molecular flexibility index (Phi) is 3.33. The molecule has 1 aliphatic heterocycles. The van der Waals surface area contributed by atoms with Crippen LogP contribution in [0.5, 0.6) is 0 Å². The van der Waals surface area contributed by atoms with Crippen LogP contribution in [0.15, 0.2) is 0 Å². The molecule has 0 amide bonds. The highest BCUT2D eigenvalue weighted by molar-refractivity contribution is 9.09. The maximum atomic E-state index is 10.6. The third-order valence-electron chi connectivity index (χ3n) is 1.76. The van der Waals surface area contributed by atoms with Crippen molar-refractivity contribution in [2.45, 2.75) is 18.9 Å². The number of carboxylic acids is 1. The molecule has 0 aliphatic carbocycles. The second-order valence-corrected chi connectivity index (χ2v) is 3.50. The Labute approximate surface area is 73.9 Å². The molecule has 1 fully saturated rings. The van der Waals surface area contributed by atoms with Gasteiger partial charge in [-0.05, 0) is 12.8 Å². The summed E-state index contributed by atoms with van der Waals surface area (Å²) in [5.41, 5.74) is 0. The summed E-state index contributed by atoms with van der Waals surface area (Å²) in [6, 6.07) is 0. The lowest BCUT2D eigenvalue weighted by atomic mass is 10.0. The van der Waals surface area contributed by atoms with Gasteiger partial charge in [0.25, 0.3) is 0 Å². The summed E-state index contributed by atoms with van der Waals surface area (Å²) in [6.07, 6.45) is 1.58. The van der Waals surface area contributed by atoms with Crippen LogP contribution in [-0.2, 0) is 9.53 Å². The van der Waals surface area contributed by atoms with E-state index in [9.17, 15) is 4.79 Å². The highest BCUT2D eigenvalue weighted by atomic mass is 79.9. The van der Waals surface area contributed by atoms with E-state index in [4.69, 9.17) is 9.84 Å². The van der Waals surface area contributed by atoms with Crippen LogP contribution in [0.4, 0.5) is 0 Å². The van der Waals surface area contributed by atoms with Crippen LogP contribution in [0.25, 0.3) is 0 Å². The number of alkyl halides is 1. The van der Waals surface area contributed by atoms with Crippen molar-refractivity contribution in [2.24, 2.45) is 5.92 Å². The van der Waals surface area contributed by atoms with Crippen LogP contribution in [0, 0.1) is 5.92 Å². The van der Waals surface area contributed by atoms with Gasteiger partial charge < -0.3 is 9.84 Å². The average Bonchev–Trinajstić information content (AvgIpc) is 2.70.